The van der Waals surface area contributed by atoms with Gasteiger partial charge in [0.05, 0.1) is 35.6 Å². The fourth-order valence-electron chi connectivity index (χ4n) is 5.88. The van der Waals surface area contributed by atoms with Gasteiger partial charge in [0.15, 0.2) is 0 Å². The highest BCUT2D eigenvalue weighted by Gasteiger charge is 2.18. The zero-order valence-electron chi connectivity index (χ0n) is 21.5. The number of H-pyrrole nitrogens is 2. The summed E-state index contributed by atoms with van der Waals surface area (Å²) in [6.07, 6.45) is 13.6. The topological polar surface area (TPSA) is 99.6 Å². The van der Waals surface area contributed by atoms with Crippen molar-refractivity contribution in [2.45, 2.75) is 38.5 Å². The summed E-state index contributed by atoms with van der Waals surface area (Å²) in [6.45, 7) is 0. The molecule has 39 heavy (non-hydrogen) atoms. The number of rotatable bonds is 6. The summed E-state index contributed by atoms with van der Waals surface area (Å²) >= 11 is 0. The number of aromatic nitrogens is 4. The van der Waals surface area contributed by atoms with Crippen LogP contribution in [0.5, 0.6) is 0 Å². The highest BCUT2D eigenvalue weighted by molar-refractivity contribution is 6.02. The third kappa shape index (κ3) is 4.61. The van der Waals surface area contributed by atoms with E-state index < -0.39 is 0 Å². The van der Waals surface area contributed by atoms with E-state index in [-0.39, 0.29) is 5.91 Å². The van der Waals surface area contributed by atoms with E-state index >= 15 is 0 Å². The number of nitrogens with zero attached hydrogens (tertiary/aromatic N) is 2. The zero-order chi connectivity index (χ0) is 26.2. The molecule has 194 valence electrons. The SMILES string of the molecule is O=C(CC1CCCCC1)Nc1cncc(-c2ccc3[nH]nc(-c4cc5c(-c6ccoc6)cccc5[nH]4)c3c2)c1. The second-order valence-electron chi connectivity index (χ2n) is 10.5. The molecule has 6 aromatic rings. The lowest BCUT2D eigenvalue weighted by molar-refractivity contribution is -0.117. The van der Waals surface area contributed by atoms with E-state index in [1.54, 1.807) is 18.7 Å². The van der Waals surface area contributed by atoms with Gasteiger partial charge in [-0.25, -0.2) is 0 Å². The van der Waals surface area contributed by atoms with Crippen molar-refractivity contribution >= 4 is 33.4 Å². The maximum absolute atomic E-state index is 12.7. The Hall–Kier alpha value is -4.65. The van der Waals surface area contributed by atoms with Crippen LogP contribution >= 0.6 is 0 Å². The Morgan fingerprint density at radius 1 is 0.923 bits per heavy atom. The zero-order valence-corrected chi connectivity index (χ0v) is 21.5. The van der Waals surface area contributed by atoms with Crippen LogP contribution in [0.25, 0.3) is 55.4 Å². The average Bonchev–Trinajstić information content (AvgIpc) is 3.73. The van der Waals surface area contributed by atoms with Gasteiger partial charge >= 0.3 is 0 Å². The Morgan fingerprint density at radius 2 is 1.85 bits per heavy atom. The van der Waals surface area contributed by atoms with Crippen molar-refractivity contribution < 1.29 is 9.21 Å². The van der Waals surface area contributed by atoms with Gasteiger partial charge < -0.3 is 14.7 Å². The molecule has 1 aliphatic carbocycles. The number of furan rings is 1. The van der Waals surface area contributed by atoms with Crippen molar-refractivity contribution in [3.05, 3.63) is 79.5 Å². The lowest BCUT2D eigenvalue weighted by Gasteiger charge is -2.20. The maximum Gasteiger partial charge on any atom is 0.224 e. The van der Waals surface area contributed by atoms with Crippen molar-refractivity contribution in [1.82, 2.24) is 20.2 Å². The number of benzene rings is 2. The molecule has 0 aliphatic heterocycles. The Kier molecular flexibility index (Phi) is 5.96. The molecular weight excluding hydrogens is 486 g/mol. The minimum atomic E-state index is 0.0713. The molecule has 1 aliphatic rings. The second kappa shape index (κ2) is 9.91. The number of anilines is 1. The molecule has 0 bridgehead atoms. The summed E-state index contributed by atoms with van der Waals surface area (Å²) in [5, 5.41) is 13.0. The van der Waals surface area contributed by atoms with Crippen LogP contribution in [0.15, 0.2) is 83.9 Å². The Balaban J connectivity index is 1.19. The second-order valence-corrected chi connectivity index (χ2v) is 10.5. The quantitative estimate of drug-likeness (QED) is 0.210. The smallest absolute Gasteiger partial charge is 0.224 e. The maximum atomic E-state index is 12.7. The normalized spacial score (nSPS) is 14.3. The van der Waals surface area contributed by atoms with E-state index in [4.69, 9.17) is 4.42 Å². The van der Waals surface area contributed by atoms with Gasteiger partial charge in [-0.1, -0.05) is 37.5 Å². The van der Waals surface area contributed by atoms with E-state index in [2.05, 4.69) is 55.8 Å². The molecular formula is C32H29N5O2. The van der Waals surface area contributed by atoms with Crippen LogP contribution in [0.2, 0.25) is 0 Å². The first kappa shape index (κ1) is 23.5. The molecule has 4 heterocycles. The van der Waals surface area contributed by atoms with Gasteiger partial charge in [-0.15, -0.1) is 0 Å². The van der Waals surface area contributed by atoms with Crippen LogP contribution in [0.1, 0.15) is 38.5 Å². The highest BCUT2D eigenvalue weighted by Crippen LogP contribution is 2.35. The van der Waals surface area contributed by atoms with E-state index in [1.807, 2.05) is 30.5 Å². The summed E-state index contributed by atoms with van der Waals surface area (Å²) in [5.41, 5.74) is 8.61. The van der Waals surface area contributed by atoms with Gasteiger partial charge in [-0.3, -0.25) is 14.9 Å². The van der Waals surface area contributed by atoms with Gasteiger partial charge in [0.1, 0.15) is 5.69 Å². The lowest BCUT2D eigenvalue weighted by atomic mass is 9.87. The third-order valence-electron chi connectivity index (χ3n) is 7.87. The van der Waals surface area contributed by atoms with Gasteiger partial charge in [0, 0.05) is 40.0 Å². The molecule has 1 saturated carbocycles. The predicted octanol–water partition coefficient (Wildman–Crippen LogP) is 7.94. The molecule has 0 spiro atoms. The molecule has 4 aromatic heterocycles. The van der Waals surface area contributed by atoms with Crippen LogP contribution < -0.4 is 5.32 Å². The Bertz CT molecular complexity index is 1770. The highest BCUT2D eigenvalue weighted by atomic mass is 16.3. The van der Waals surface area contributed by atoms with Gasteiger partial charge in [0.2, 0.25) is 5.91 Å². The minimum absolute atomic E-state index is 0.0713. The van der Waals surface area contributed by atoms with Crippen LogP contribution in [0.3, 0.4) is 0 Å². The van der Waals surface area contributed by atoms with E-state index in [0.717, 1.165) is 74.0 Å². The monoisotopic (exact) mass is 515 g/mol. The fourth-order valence-corrected chi connectivity index (χ4v) is 5.88. The van der Waals surface area contributed by atoms with E-state index in [1.165, 1.54) is 19.3 Å². The van der Waals surface area contributed by atoms with Crippen LogP contribution in [-0.4, -0.2) is 26.1 Å². The number of hydrogen-bond donors (Lipinski definition) is 3. The van der Waals surface area contributed by atoms with Crippen molar-refractivity contribution in [3.8, 4) is 33.6 Å². The number of aromatic amines is 2. The first-order valence-corrected chi connectivity index (χ1v) is 13.6. The minimum Gasteiger partial charge on any atom is -0.472 e. The van der Waals surface area contributed by atoms with Crippen molar-refractivity contribution in [1.29, 1.82) is 0 Å². The van der Waals surface area contributed by atoms with Gasteiger partial charge in [-0.05, 0) is 66.3 Å². The molecule has 0 atom stereocenters. The number of fused-ring (bicyclic) bond motifs is 2. The largest absolute Gasteiger partial charge is 0.472 e. The molecule has 3 N–H and O–H groups in total. The van der Waals surface area contributed by atoms with Crippen molar-refractivity contribution in [3.63, 3.8) is 0 Å². The summed E-state index contributed by atoms with van der Waals surface area (Å²) in [4.78, 5) is 20.6. The predicted molar refractivity (Wildman–Crippen MR) is 154 cm³/mol. The molecule has 7 nitrogen and oxygen atoms in total. The summed E-state index contributed by atoms with van der Waals surface area (Å²) < 4.78 is 5.32. The molecule has 0 saturated heterocycles. The first-order chi connectivity index (χ1) is 19.2. The lowest BCUT2D eigenvalue weighted by Crippen LogP contribution is -2.18. The summed E-state index contributed by atoms with van der Waals surface area (Å²) in [5.74, 6) is 0.569. The molecule has 1 fully saturated rings. The Morgan fingerprint density at radius 3 is 2.72 bits per heavy atom. The fraction of sp³-hybridized carbons (Fsp3) is 0.219. The molecule has 0 radical (unpaired) electrons. The summed E-state index contributed by atoms with van der Waals surface area (Å²) in [7, 11) is 0. The number of carbonyl (C=O) groups excluding carboxylic acids is 1. The number of amides is 1. The number of carbonyl (C=O) groups is 1. The van der Waals surface area contributed by atoms with Crippen LogP contribution in [-0.2, 0) is 4.79 Å². The molecule has 0 unspecified atom stereocenters. The molecule has 1 amide bonds. The van der Waals surface area contributed by atoms with E-state index in [9.17, 15) is 4.79 Å². The van der Waals surface area contributed by atoms with Crippen molar-refractivity contribution in [2.75, 3.05) is 5.32 Å². The van der Waals surface area contributed by atoms with Crippen LogP contribution in [0, 0.1) is 5.92 Å². The average molecular weight is 516 g/mol. The molecule has 2 aromatic carbocycles. The number of hydrogen-bond acceptors (Lipinski definition) is 4. The van der Waals surface area contributed by atoms with Gasteiger partial charge in [0.25, 0.3) is 0 Å². The third-order valence-corrected chi connectivity index (χ3v) is 7.87. The number of nitrogens with one attached hydrogen (secondary N) is 3. The first-order valence-electron chi connectivity index (χ1n) is 13.6. The standard InChI is InChI=1S/C32H29N5O2/c38-31(13-20-5-2-1-3-6-20)34-24-14-23(17-33-18-24)21-9-10-29-27(15-21)32(37-36-29)30-16-26-25(22-11-12-39-19-22)7-4-8-28(26)35-30/h4,7-12,14-20,35H,1-3,5-6,13H2,(H,34,38)(H,36,37). The van der Waals surface area contributed by atoms with Crippen molar-refractivity contribution in [2.24, 2.45) is 5.92 Å². The summed E-state index contributed by atoms with van der Waals surface area (Å²) in [6, 6.07) is 18.5. The van der Waals surface area contributed by atoms with Crippen LogP contribution in [0.4, 0.5) is 5.69 Å². The molecule has 7 heteroatoms. The molecule has 7 rings (SSSR count). The number of pyridine rings is 1. The van der Waals surface area contributed by atoms with Gasteiger partial charge in [-0.2, -0.15) is 5.10 Å². The van der Waals surface area contributed by atoms with E-state index in [0.29, 0.717) is 12.3 Å². The Labute approximate surface area is 225 Å².